The van der Waals surface area contributed by atoms with Crippen LogP contribution in [-0.4, -0.2) is 14.6 Å². The maximum Gasteiger partial charge on any atom is 0.249 e. The average molecular weight is 240 g/mol. The van der Waals surface area contributed by atoms with Crippen LogP contribution in [0.3, 0.4) is 0 Å². The van der Waals surface area contributed by atoms with Crippen LogP contribution in [0.4, 0.5) is 0 Å². The molecule has 2 nitrogen and oxygen atoms in total. The molecule has 0 atom stereocenters. The summed E-state index contributed by atoms with van der Waals surface area (Å²) in [4.78, 5) is 10.0. The van der Waals surface area contributed by atoms with Gasteiger partial charge in [-0.25, -0.2) is 0 Å². The van der Waals surface area contributed by atoms with Crippen LogP contribution >= 0.6 is 0 Å². The summed E-state index contributed by atoms with van der Waals surface area (Å²) in [5.74, 6) is 0. The second-order valence-electron chi connectivity index (χ2n) is 5.39. The molecule has 3 heteroatoms. The lowest BCUT2D eigenvalue weighted by Crippen LogP contribution is -2.39. The number of allylic oxidation sites excluding steroid dienone is 3. The van der Waals surface area contributed by atoms with Crippen LogP contribution in [0, 0.1) is 0 Å². The lowest BCUT2D eigenvalue weighted by Gasteiger charge is -2.34. The Kier molecular flexibility index (Phi) is 6.34. The fourth-order valence-electron chi connectivity index (χ4n) is 0.807. The van der Waals surface area contributed by atoms with Gasteiger partial charge in [0.05, 0.1) is 6.26 Å². The van der Waals surface area contributed by atoms with Crippen molar-refractivity contribution >= 4 is 14.6 Å². The minimum Gasteiger partial charge on any atom is -0.549 e. The second-order valence-corrected chi connectivity index (χ2v) is 10.1. The molecule has 0 fully saturated rings. The molecule has 0 rings (SSSR count). The van der Waals surface area contributed by atoms with Gasteiger partial charge in [0, 0.05) is 0 Å². The van der Waals surface area contributed by atoms with Gasteiger partial charge < -0.3 is 4.43 Å². The molecule has 0 N–H and O–H groups in total. The Labute approximate surface area is 101 Å². The number of hydrogen-bond donors (Lipinski definition) is 0. The van der Waals surface area contributed by atoms with E-state index in [2.05, 4.69) is 33.9 Å². The second kappa shape index (κ2) is 6.69. The van der Waals surface area contributed by atoms with Crippen molar-refractivity contribution in [2.45, 2.75) is 51.7 Å². The third-order valence-corrected chi connectivity index (χ3v) is 7.32. The maximum atomic E-state index is 10.0. The van der Waals surface area contributed by atoms with Gasteiger partial charge in [0.15, 0.2) is 0 Å². The first kappa shape index (κ1) is 15.2. The van der Waals surface area contributed by atoms with Gasteiger partial charge in [-0.15, -0.1) is 0 Å². The molecule has 0 radical (unpaired) electrons. The zero-order valence-corrected chi connectivity index (χ0v) is 12.1. The largest absolute Gasteiger partial charge is 0.549 e. The van der Waals surface area contributed by atoms with Crippen molar-refractivity contribution in [1.29, 1.82) is 0 Å². The monoisotopic (exact) mass is 240 g/mol. The van der Waals surface area contributed by atoms with Gasteiger partial charge >= 0.3 is 0 Å². The Morgan fingerprint density at radius 2 is 1.69 bits per heavy atom. The third-order valence-electron chi connectivity index (χ3n) is 2.98. The molecular formula is C13H24O2Si. The van der Waals surface area contributed by atoms with Crippen molar-refractivity contribution in [3.63, 3.8) is 0 Å². The average Bonchev–Trinajstić information content (AvgIpc) is 2.14. The van der Waals surface area contributed by atoms with Crippen LogP contribution in [0.2, 0.25) is 18.1 Å². The number of carbonyl (C=O) groups excluding carboxylic acids is 1. The Morgan fingerprint density at radius 1 is 1.12 bits per heavy atom. The first-order chi connectivity index (χ1) is 7.31. The van der Waals surface area contributed by atoms with Crippen molar-refractivity contribution in [2.75, 3.05) is 0 Å². The van der Waals surface area contributed by atoms with Gasteiger partial charge in [-0.1, -0.05) is 32.9 Å². The van der Waals surface area contributed by atoms with Crippen LogP contribution in [0.25, 0.3) is 0 Å². The summed E-state index contributed by atoms with van der Waals surface area (Å²) >= 11 is 0. The SMILES string of the molecule is CC(C)(C)[Si](C)(C)O/C=C/CC/C=C/C=O. The quantitative estimate of drug-likeness (QED) is 0.230. The zero-order valence-electron chi connectivity index (χ0n) is 11.1. The van der Waals surface area contributed by atoms with Crippen LogP contribution in [0.1, 0.15) is 33.6 Å². The van der Waals surface area contributed by atoms with Crippen LogP contribution in [0.5, 0.6) is 0 Å². The molecule has 0 amide bonds. The fourth-order valence-corrected chi connectivity index (χ4v) is 1.60. The molecule has 0 bridgehead atoms. The highest BCUT2D eigenvalue weighted by Crippen LogP contribution is 2.36. The maximum absolute atomic E-state index is 10.0. The first-order valence-electron chi connectivity index (χ1n) is 5.74. The predicted molar refractivity (Wildman–Crippen MR) is 71.9 cm³/mol. The van der Waals surface area contributed by atoms with Gasteiger partial charge in [0.2, 0.25) is 8.32 Å². The van der Waals surface area contributed by atoms with Crippen molar-refractivity contribution in [3.8, 4) is 0 Å². The van der Waals surface area contributed by atoms with Crippen LogP contribution in [-0.2, 0) is 9.22 Å². The minimum absolute atomic E-state index is 0.245. The van der Waals surface area contributed by atoms with Crippen LogP contribution in [0.15, 0.2) is 24.5 Å². The van der Waals surface area contributed by atoms with E-state index in [1.54, 1.807) is 0 Å². The molecule has 0 saturated carbocycles. The summed E-state index contributed by atoms with van der Waals surface area (Å²) in [6, 6.07) is 0. The number of rotatable bonds is 6. The molecule has 0 aliphatic rings. The fraction of sp³-hybridized carbons (Fsp3) is 0.615. The number of aldehydes is 1. The Hall–Kier alpha value is -0.833. The Bertz CT molecular complexity index is 260. The van der Waals surface area contributed by atoms with E-state index in [0.717, 1.165) is 19.1 Å². The highest BCUT2D eigenvalue weighted by molar-refractivity contribution is 6.74. The lowest BCUT2D eigenvalue weighted by molar-refractivity contribution is -0.104. The van der Waals surface area contributed by atoms with E-state index in [-0.39, 0.29) is 5.04 Å². The summed E-state index contributed by atoms with van der Waals surface area (Å²) in [6.45, 7) is 11.1. The van der Waals surface area contributed by atoms with Gasteiger partial charge in [0.25, 0.3) is 0 Å². The molecule has 16 heavy (non-hydrogen) atoms. The number of carbonyl (C=O) groups is 1. The molecular weight excluding hydrogens is 216 g/mol. The van der Waals surface area contributed by atoms with E-state index in [9.17, 15) is 4.79 Å². The predicted octanol–water partition coefficient (Wildman–Crippen LogP) is 4.06. The molecule has 0 saturated heterocycles. The van der Waals surface area contributed by atoms with E-state index in [4.69, 9.17) is 4.43 Å². The summed E-state index contributed by atoms with van der Waals surface area (Å²) in [6.07, 6.45) is 9.85. The molecule has 0 aromatic carbocycles. The highest BCUT2D eigenvalue weighted by atomic mass is 28.4. The normalized spacial score (nSPS) is 13.6. The summed E-state index contributed by atoms with van der Waals surface area (Å²) in [5, 5.41) is 0.245. The van der Waals surface area contributed by atoms with E-state index in [1.807, 2.05) is 18.4 Å². The Balaban J connectivity index is 3.92. The van der Waals surface area contributed by atoms with Crippen molar-refractivity contribution in [3.05, 3.63) is 24.5 Å². The lowest BCUT2D eigenvalue weighted by atomic mass is 10.2. The van der Waals surface area contributed by atoms with Crippen molar-refractivity contribution in [1.82, 2.24) is 0 Å². The summed E-state index contributed by atoms with van der Waals surface area (Å²) in [5.41, 5.74) is 0. The van der Waals surface area contributed by atoms with E-state index >= 15 is 0 Å². The topological polar surface area (TPSA) is 26.3 Å². The van der Waals surface area contributed by atoms with E-state index < -0.39 is 8.32 Å². The van der Waals surface area contributed by atoms with E-state index in [1.165, 1.54) is 6.08 Å². The molecule has 0 aromatic heterocycles. The number of unbranched alkanes of at least 4 members (excludes halogenated alkanes) is 1. The van der Waals surface area contributed by atoms with Gasteiger partial charge in [0.1, 0.15) is 6.29 Å². The molecule has 92 valence electrons. The molecule has 0 aromatic rings. The van der Waals surface area contributed by atoms with Gasteiger partial charge in [-0.3, -0.25) is 4.79 Å². The number of hydrogen-bond acceptors (Lipinski definition) is 2. The first-order valence-corrected chi connectivity index (χ1v) is 8.65. The molecule has 0 heterocycles. The molecule has 0 spiro atoms. The van der Waals surface area contributed by atoms with Crippen LogP contribution < -0.4 is 0 Å². The van der Waals surface area contributed by atoms with Crippen molar-refractivity contribution in [2.24, 2.45) is 0 Å². The summed E-state index contributed by atoms with van der Waals surface area (Å²) in [7, 11) is -1.64. The Morgan fingerprint density at radius 3 is 2.19 bits per heavy atom. The minimum atomic E-state index is -1.64. The van der Waals surface area contributed by atoms with Crippen molar-refractivity contribution < 1.29 is 9.22 Å². The zero-order chi connectivity index (χ0) is 12.7. The molecule has 0 aliphatic carbocycles. The summed E-state index contributed by atoms with van der Waals surface area (Å²) < 4.78 is 5.87. The highest BCUT2D eigenvalue weighted by Gasteiger charge is 2.37. The van der Waals surface area contributed by atoms with Gasteiger partial charge in [-0.05, 0) is 37.0 Å². The van der Waals surface area contributed by atoms with E-state index in [0.29, 0.717) is 0 Å². The molecule has 0 aliphatic heterocycles. The van der Waals surface area contributed by atoms with Gasteiger partial charge in [-0.2, -0.15) is 0 Å². The molecule has 0 unspecified atom stereocenters. The smallest absolute Gasteiger partial charge is 0.249 e. The standard InChI is InChI=1S/C13H24O2Si/c1-13(2,3)16(4,5)15-12-10-8-6-7-9-11-14/h7,9-12H,6,8H2,1-5H3/b9-7+,12-10+. The third kappa shape index (κ3) is 5.91.